The molecule has 1 aromatic carbocycles. The summed E-state index contributed by atoms with van der Waals surface area (Å²) in [6.45, 7) is 0. The first-order chi connectivity index (χ1) is 6.57. The van der Waals surface area contributed by atoms with E-state index in [0.717, 1.165) is 0 Å². The second-order valence-electron chi connectivity index (χ2n) is 3.50. The van der Waals surface area contributed by atoms with Gasteiger partial charge in [0.15, 0.2) is 0 Å². The molecule has 0 amide bonds. The largest absolute Gasteiger partial charge is 0.495 e. The monoisotopic (exact) mass is 260 g/mol. The maximum atomic E-state index is 13.1. The van der Waals surface area contributed by atoms with Gasteiger partial charge in [0, 0.05) is 11.6 Å². The van der Waals surface area contributed by atoms with Gasteiger partial charge in [0.05, 0.1) is 17.2 Å². The van der Waals surface area contributed by atoms with Gasteiger partial charge in [0.1, 0.15) is 11.6 Å². The van der Waals surface area contributed by atoms with Crippen LogP contribution in [0.5, 0.6) is 5.75 Å². The molecule has 0 radical (unpaired) electrons. The Kier molecular flexibility index (Phi) is 2.27. The molecule has 1 N–H and O–H groups in total. The van der Waals surface area contributed by atoms with E-state index in [1.165, 1.54) is 19.2 Å². The van der Waals surface area contributed by atoms with Crippen molar-refractivity contribution in [3.63, 3.8) is 0 Å². The third kappa shape index (κ3) is 1.53. The van der Waals surface area contributed by atoms with Crippen molar-refractivity contribution in [1.82, 2.24) is 0 Å². The van der Waals surface area contributed by atoms with Crippen LogP contribution in [0.2, 0.25) is 0 Å². The molecule has 1 aromatic rings. The standard InChI is InChI=1S/C10H10BrFO2/c1-14-8-5-6(12)4-7(9(8)11)10(13)2-3-10/h4-5,13H,2-3H2,1H3. The van der Waals surface area contributed by atoms with Crippen LogP contribution in [0, 0.1) is 5.82 Å². The maximum Gasteiger partial charge on any atom is 0.136 e. The quantitative estimate of drug-likeness (QED) is 0.886. The first-order valence-electron chi connectivity index (χ1n) is 4.33. The van der Waals surface area contributed by atoms with Crippen molar-refractivity contribution < 1.29 is 14.2 Å². The van der Waals surface area contributed by atoms with Crippen LogP contribution in [-0.2, 0) is 5.60 Å². The van der Waals surface area contributed by atoms with Crippen LogP contribution < -0.4 is 4.74 Å². The van der Waals surface area contributed by atoms with Gasteiger partial charge in [-0.05, 0) is 34.8 Å². The minimum atomic E-state index is -0.853. The first-order valence-corrected chi connectivity index (χ1v) is 5.12. The summed E-state index contributed by atoms with van der Waals surface area (Å²) < 4.78 is 18.8. The van der Waals surface area contributed by atoms with E-state index in [9.17, 15) is 9.50 Å². The number of hydrogen-bond donors (Lipinski definition) is 1. The van der Waals surface area contributed by atoms with Crippen LogP contribution in [0.1, 0.15) is 18.4 Å². The molecule has 1 aliphatic carbocycles. The third-order valence-corrected chi connectivity index (χ3v) is 3.27. The summed E-state index contributed by atoms with van der Waals surface area (Å²) in [4.78, 5) is 0. The van der Waals surface area contributed by atoms with Gasteiger partial charge in [0.2, 0.25) is 0 Å². The summed E-state index contributed by atoms with van der Waals surface area (Å²) in [6, 6.07) is 2.64. The van der Waals surface area contributed by atoms with E-state index in [0.29, 0.717) is 28.6 Å². The third-order valence-electron chi connectivity index (χ3n) is 2.45. The predicted molar refractivity (Wildman–Crippen MR) is 53.8 cm³/mol. The smallest absolute Gasteiger partial charge is 0.136 e. The number of methoxy groups -OCH3 is 1. The molecule has 76 valence electrons. The lowest BCUT2D eigenvalue weighted by Crippen LogP contribution is -2.06. The Morgan fingerprint density at radius 1 is 1.50 bits per heavy atom. The second-order valence-corrected chi connectivity index (χ2v) is 4.29. The van der Waals surface area contributed by atoms with Crippen LogP contribution in [0.3, 0.4) is 0 Å². The van der Waals surface area contributed by atoms with Gasteiger partial charge in [-0.15, -0.1) is 0 Å². The molecule has 0 atom stereocenters. The van der Waals surface area contributed by atoms with Gasteiger partial charge in [-0.2, -0.15) is 0 Å². The van der Waals surface area contributed by atoms with Crippen LogP contribution in [0.15, 0.2) is 16.6 Å². The van der Waals surface area contributed by atoms with Crippen molar-refractivity contribution in [2.24, 2.45) is 0 Å². The van der Waals surface area contributed by atoms with E-state index in [-0.39, 0.29) is 5.82 Å². The molecule has 0 heterocycles. The number of halogens is 2. The Morgan fingerprint density at radius 2 is 2.14 bits per heavy atom. The first kappa shape index (κ1) is 9.93. The molecule has 1 aliphatic rings. The Labute approximate surface area is 89.8 Å². The summed E-state index contributed by atoms with van der Waals surface area (Å²) in [5, 5.41) is 9.87. The van der Waals surface area contributed by atoms with E-state index < -0.39 is 5.60 Å². The fraction of sp³-hybridized carbons (Fsp3) is 0.400. The van der Waals surface area contributed by atoms with Crippen molar-refractivity contribution >= 4 is 15.9 Å². The highest BCUT2D eigenvalue weighted by molar-refractivity contribution is 9.10. The van der Waals surface area contributed by atoms with Crippen LogP contribution in [0.4, 0.5) is 4.39 Å². The molecular weight excluding hydrogens is 251 g/mol. The van der Waals surface area contributed by atoms with Gasteiger partial charge in [-0.3, -0.25) is 0 Å². The Hall–Kier alpha value is -0.610. The molecule has 0 bridgehead atoms. The lowest BCUT2D eigenvalue weighted by Gasteiger charge is -2.13. The summed E-state index contributed by atoms with van der Waals surface area (Å²) in [5.41, 5.74) is -0.275. The van der Waals surface area contributed by atoms with E-state index in [1.54, 1.807) is 0 Å². The Bertz CT molecular complexity index is 375. The Morgan fingerprint density at radius 3 is 2.64 bits per heavy atom. The molecule has 0 saturated heterocycles. The Balaban J connectivity index is 2.54. The molecule has 1 fully saturated rings. The lowest BCUT2D eigenvalue weighted by atomic mass is 10.1. The summed E-state index contributed by atoms with van der Waals surface area (Å²) >= 11 is 3.30. The van der Waals surface area contributed by atoms with E-state index >= 15 is 0 Å². The minimum Gasteiger partial charge on any atom is -0.495 e. The van der Waals surface area contributed by atoms with Crippen molar-refractivity contribution in [1.29, 1.82) is 0 Å². The number of ether oxygens (including phenoxy) is 1. The summed E-state index contributed by atoms with van der Waals surface area (Å²) in [7, 11) is 1.47. The topological polar surface area (TPSA) is 29.5 Å². The minimum absolute atomic E-state index is 0.389. The van der Waals surface area contributed by atoms with Gasteiger partial charge < -0.3 is 9.84 Å². The molecule has 1 saturated carbocycles. The number of benzene rings is 1. The van der Waals surface area contributed by atoms with E-state index in [1.807, 2.05) is 0 Å². The van der Waals surface area contributed by atoms with Crippen LogP contribution >= 0.6 is 15.9 Å². The SMILES string of the molecule is COc1cc(F)cc(C2(O)CC2)c1Br. The average molecular weight is 261 g/mol. The van der Waals surface area contributed by atoms with E-state index in [2.05, 4.69) is 15.9 Å². The number of hydrogen-bond acceptors (Lipinski definition) is 2. The van der Waals surface area contributed by atoms with Crippen LogP contribution in [0.25, 0.3) is 0 Å². The summed E-state index contributed by atoms with van der Waals surface area (Å²) in [6.07, 6.45) is 1.36. The van der Waals surface area contributed by atoms with Crippen molar-refractivity contribution in [3.8, 4) is 5.75 Å². The maximum absolute atomic E-state index is 13.1. The van der Waals surface area contributed by atoms with Crippen molar-refractivity contribution in [2.45, 2.75) is 18.4 Å². The van der Waals surface area contributed by atoms with Crippen LogP contribution in [-0.4, -0.2) is 12.2 Å². The molecule has 2 nitrogen and oxygen atoms in total. The van der Waals surface area contributed by atoms with Gasteiger partial charge in [-0.25, -0.2) is 4.39 Å². The zero-order valence-electron chi connectivity index (χ0n) is 7.68. The molecule has 2 rings (SSSR count). The van der Waals surface area contributed by atoms with Gasteiger partial charge >= 0.3 is 0 Å². The summed E-state index contributed by atoms with van der Waals surface area (Å²) in [5.74, 6) is 0.0284. The highest BCUT2D eigenvalue weighted by Crippen LogP contribution is 2.49. The number of aliphatic hydroxyl groups is 1. The fourth-order valence-corrected chi connectivity index (χ4v) is 2.20. The van der Waals surface area contributed by atoms with E-state index in [4.69, 9.17) is 4.74 Å². The predicted octanol–water partition coefficient (Wildman–Crippen LogP) is 2.58. The zero-order valence-corrected chi connectivity index (χ0v) is 9.27. The molecule has 4 heteroatoms. The molecule has 0 aromatic heterocycles. The van der Waals surface area contributed by atoms with Crippen molar-refractivity contribution in [3.05, 3.63) is 28.0 Å². The molecular formula is C10H10BrFO2. The number of rotatable bonds is 2. The van der Waals surface area contributed by atoms with Gasteiger partial charge in [-0.1, -0.05) is 0 Å². The fourth-order valence-electron chi connectivity index (χ4n) is 1.44. The molecule has 0 aliphatic heterocycles. The molecule has 14 heavy (non-hydrogen) atoms. The van der Waals surface area contributed by atoms with Gasteiger partial charge in [0.25, 0.3) is 0 Å². The van der Waals surface area contributed by atoms with Crippen molar-refractivity contribution in [2.75, 3.05) is 7.11 Å². The average Bonchev–Trinajstić information content (AvgIpc) is 2.88. The highest BCUT2D eigenvalue weighted by atomic mass is 79.9. The molecule has 0 unspecified atom stereocenters. The highest BCUT2D eigenvalue weighted by Gasteiger charge is 2.44. The lowest BCUT2D eigenvalue weighted by molar-refractivity contribution is 0.149. The normalized spacial score (nSPS) is 18.0. The second kappa shape index (κ2) is 3.21. The molecule has 0 spiro atoms. The zero-order chi connectivity index (χ0) is 10.3.